The van der Waals surface area contributed by atoms with Crippen molar-refractivity contribution in [2.75, 3.05) is 26.3 Å². The first kappa shape index (κ1) is 31.7. The number of nitrogens with zero attached hydrogens (tertiary/aromatic N) is 1. The topological polar surface area (TPSA) is 170 Å². The lowest BCUT2D eigenvalue weighted by Gasteiger charge is -2.10. The van der Waals surface area contributed by atoms with Gasteiger partial charge in [-0.05, 0) is 48.4 Å². The molecule has 0 radical (unpaired) electrons. The van der Waals surface area contributed by atoms with E-state index < -0.39 is 21.8 Å². The van der Waals surface area contributed by atoms with Gasteiger partial charge in [0.15, 0.2) is 6.61 Å². The van der Waals surface area contributed by atoms with E-state index in [0.717, 1.165) is 11.8 Å². The van der Waals surface area contributed by atoms with Crippen LogP contribution in [-0.4, -0.2) is 63.4 Å². The van der Waals surface area contributed by atoms with Crippen LogP contribution in [0.25, 0.3) is 0 Å². The molecule has 0 unspecified atom stereocenters. The van der Waals surface area contributed by atoms with E-state index in [0.29, 0.717) is 18.7 Å². The van der Waals surface area contributed by atoms with Gasteiger partial charge in [0.25, 0.3) is 27.7 Å². The van der Waals surface area contributed by atoms with Gasteiger partial charge < -0.3 is 20.1 Å². The van der Waals surface area contributed by atoms with Crippen molar-refractivity contribution in [3.63, 3.8) is 0 Å². The maximum atomic E-state index is 12.7. The molecule has 0 aliphatic heterocycles. The Morgan fingerprint density at radius 1 is 0.857 bits per heavy atom. The lowest BCUT2D eigenvalue weighted by Crippen LogP contribution is -2.31. The summed E-state index contributed by atoms with van der Waals surface area (Å²) >= 11 is 0. The van der Waals surface area contributed by atoms with E-state index >= 15 is 0 Å². The Balaban J connectivity index is 1.44. The SMILES string of the molecule is CC(C)C(=O)OCCNC(=O)c1ccc(C(=O)NS(=O)(=O)c2ccc(CCNC(=O)COc3ccccc3)cc2)cn1. The number of benzene rings is 2. The third-order valence-electron chi connectivity index (χ3n) is 5.67. The number of hydrogen-bond donors (Lipinski definition) is 3. The number of rotatable bonds is 14. The number of esters is 1. The van der Waals surface area contributed by atoms with Crippen LogP contribution >= 0.6 is 0 Å². The summed E-state index contributed by atoms with van der Waals surface area (Å²) < 4.78 is 37.8. The van der Waals surface area contributed by atoms with Gasteiger partial charge in [-0.25, -0.2) is 13.1 Å². The van der Waals surface area contributed by atoms with Crippen molar-refractivity contribution >= 4 is 33.7 Å². The van der Waals surface area contributed by atoms with Gasteiger partial charge in [0.1, 0.15) is 18.1 Å². The molecule has 0 spiro atoms. The summed E-state index contributed by atoms with van der Waals surface area (Å²) in [6.45, 7) is 3.68. The first-order chi connectivity index (χ1) is 20.0. The molecule has 0 atom stereocenters. The van der Waals surface area contributed by atoms with E-state index in [9.17, 15) is 27.6 Å². The molecule has 1 aromatic heterocycles. The van der Waals surface area contributed by atoms with Gasteiger partial charge in [-0.3, -0.25) is 24.2 Å². The summed E-state index contributed by atoms with van der Waals surface area (Å²) in [6.07, 6.45) is 1.54. The second kappa shape index (κ2) is 15.3. The molecular weight excluding hydrogens is 564 g/mol. The minimum atomic E-state index is -4.18. The van der Waals surface area contributed by atoms with Crippen molar-refractivity contribution in [3.8, 4) is 5.75 Å². The zero-order chi connectivity index (χ0) is 30.5. The highest BCUT2D eigenvalue weighted by molar-refractivity contribution is 7.90. The Labute approximate surface area is 243 Å². The Hall–Kier alpha value is -4.78. The van der Waals surface area contributed by atoms with E-state index in [1.165, 1.54) is 24.3 Å². The van der Waals surface area contributed by atoms with Crippen LogP contribution < -0.4 is 20.1 Å². The van der Waals surface area contributed by atoms with Crippen molar-refractivity contribution in [1.82, 2.24) is 20.3 Å². The molecule has 3 rings (SSSR count). The lowest BCUT2D eigenvalue weighted by molar-refractivity contribution is -0.147. The molecule has 0 fully saturated rings. The third-order valence-corrected chi connectivity index (χ3v) is 7.02. The number of ether oxygens (including phenoxy) is 2. The van der Waals surface area contributed by atoms with Crippen LogP contribution in [0.2, 0.25) is 0 Å². The molecule has 0 saturated heterocycles. The highest BCUT2D eigenvalue weighted by atomic mass is 32.2. The maximum Gasteiger partial charge on any atom is 0.308 e. The minimum Gasteiger partial charge on any atom is -0.484 e. The monoisotopic (exact) mass is 596 g/mol. The maximum absolute atomic E-state index is 12.7. The summed E-state index contributed by atoms with van der Waals surface area (Å²) in [7, 11) is -4.18. The number of pyridine rings is 1. The number of carbonyl (C=O) groups excluding carboxylic acids is 4. The zero-order valence-corrected chi connectivity index (χ0v) is 24.0. The fraction of sp³-hybridized carbons (Fsp3) is 0.276. The first-order valence-corrected chi connectivity index (χ1v) is 14.5. The summed E-state index contributed by atoms with van der Waals surface area (Å²) in [6, 6.07) is 17.4. The molecular formula is C29H32N4O8S. The number of amides is 3. The average molecular weight is 597 g/mol. The van der Waals surface area contributed by atoms with Crippen LogP contribution in [0.15, 0.2) is 77.8 Å². The van der Waals surface area contributed by atoms with Crippen LogP contribution in [-0.2, 0) is 30.8 Å². The van der Waals surface area contributed by atoms with E-state index in [4.69, 9.17) is 9.47 Å². The third kappa shape index (κ3) is 10.0. The lowest BCUT2D eigenvalue weighted by atomic mass is 10.1. The van der Waals surface area contributed by atoms with Gasteiger partial charge >= 0.3 is 5.97 Å². The second-order valence-electron chi connectivity index (χ2n) is 9.29. The zero-order valence-electron chi connectivity index (χ0n) is 23.2. The molecule has 12 nitrogen and oxygen atoms in total. The molecule has 0 saturated carbocycles. The van der Waals surface area contributed by atoms with Crippen molar-refractivity contribution < 1.29 is 37.1 Å². The molecule has 222 valence electrons. The van der Waals surface area contributed by atoms with Gasteiger partial charge in [-0.2, -0.15) is 0 Å². The summed E-state index contributed by atoms with van der Waals surface area (Å²) in [5.41, 5.74) is 0.713. The molecule has 0 aliphatic rings. The molecule has 1 heterocycles. The van der Waals surface area contributed by atoms with Crippen molar-refractivity contribution in [2.24, 2.45) is 5.92 Å². The smallest absolute Gasteiger partial charge is 0.308 e. The van der Waals surface area contributed by atoms with Gasteiger partial charge in [-0.1, -0.05) is 44.2 Å². The highest BCUT2D eigenvalue weighted by Crippen LogP contribution is 2.12. The number of nitrogens with one attached hydrogen (secondary N) is 3. The first-order valence-electron chi connectivity index (χ1n) is 13.1. The summed E-state index contributed by atoms with van der Waals surface area (Å²) in [4.78, 5) is 51.9. The van der Waals surface area contributed by atoms with E-state index in [2.05, 4.69) is 15.6 Å². The molecule has 0 aliphatic carbocycles. The van der Waals surface area contributed by atoms with Gasteiger partial charge in [-0.15, -0.1) is 0 Å². The predicted octanol–water partition coefficient (Wildman–Crippen LogP) is 1.87. The van der Waals surface area contributed by atoms with Gasteiger partial charge in [0.2, 0.25) is 0 Å². The molecule has 3 N–H and O–H groups in total. The Morgan fingerprint density at radius 3 is 2.21 bits per heavy atom. The van der Waals surface area contributed by atoms with Crippen LogP contribution in [0.4, 0.5) is 0 Å². The second-order valence-corrected chi connectivity index (χ2v) is 11.0. The van der Waals surface area contributed by atoms with Crippen LogP contribution in [0.3, 0.4) is 0 Å². The Kier molecular flexibility index (Phi) is 11.6. The molecule has 3 aromatic rings. The van der Waals surface area contributed by atoms with Crippen LogP contribution in [0.1, 0.15) is 40.3 Å². The standard InChI is InChI=1S/C29H32N4O8S/c1-20(2)29(37)40-17-16-31-28(36)25-13-10-22(18-32-25)27(35)33-42(38,39)24-11-8-21(9-12-24)14-15-30-26(34)19-41-23-6-4-3-5-7-23/h3-13,18,20H,14-17,19H2,1-2H3,(H,30,34)(H,31,36)(H,33,35). The highest BCUT2D eigenvalue weighted by Gasteiger charge is 2.19. The van der Waals surface area contributed by atoms with Crippen LogP contribution in [0, 0.1) is 5.92 Å². The van der Waals surface area contributed by atoms with E-state index in [1.807, 2.05) is 10.8 Å². The van der Waals surface area contributed by atoms with Crippen molar-refractivity contribution in [2.45, 2.75) is 25.2 Å². The summed E-state index contributed by atoms with van der Waals surface area (Å²) in [5, 5.41) is 5.27. The fourth-order valence-corrected chi connectivity index (χ4v) is 4.35. The number of para-hydroxylation sites is 1. The average Bonchev–Trinajstić information content (AvgIpc) is 2.98. The molecule has 42 heavy (non-hydrogen) atoms. The summed E-state index contributed by atoms with van der Waals surface area (Å²) in [5.74, 6) is -1.81. The fourth-order valence-electron chi connectivity index (χ4n) is 3.37. The Bertz CT molecular complexity index is 1480. The normalized spacial score (nSPS) is 10.9. The number of carbonyl (C=O) groups is 4. The largest absolute Gasteiger partial charge is 0.484 e. The molecule has 2 aromatic carbocycles. The number of sulfonamides is 1. The Morgan fingerprint density at radius 2 is 1.57 bits per heavy atom. The van der Waals surface area contributed by atoms with E-state index in [1.54, 1.807) is 50.2 Å². The van der Waals surface area contributed by atoms with Gasteiger partial charge in [0, 0.05) is 12.7 Å². The number of aromatic nitrogens is 1. The van der Waals surface area contributed by atoms with Crippen molar-refractivity contribution in [3.05, 3.63) is 89.7 Å². The van der Waals surface area contributed by atoms with Crippen molar-refractivity contribution in [1.29, 1.82) is 0 Å². The van der Waals surface area contributed by atoms with E-state index in [-0.39, 0.29) is 53.7 Å². The molecule has 13 heteroatoms. The predicted molar refractivity (Wildman–Crippen MR) is 152 cm³/mol. The minimum absolute atomic E-state index is 0.0000854. The van der Waals surface area contributed by atoms with Crippen LogP contribution in [0.5, 0.6) is 5.75 Å². The quantitative estimate of drug-likeness (QED) is 0.186. The molecule has 3 amide bonds. The molecule has 0 bridgehead atoms. The number of hydrogen-bond acceptors (Lipinski definition) is 9. The van der Waals surface area contributed by atoms with Gasteiger partial charge in [0.05, 0.1) is 22.9 Å².